The Morgan fingerprint density at radius 1 is 1.09 bits per heavy atom. The van der Waals surface area contributed by atoms with Gasteiger partial charge in [-0.2, -0.15) is 0 Å². The Morgan fingerprint density at radius 3 is 2.39 bits per heavy atom. The monoisotopic (exact) mass is 321 g/mol. The maximum Gasteiger partial charge on any atom is 0.131 e. The molecular weight excluding hydrogens is 300 g/mol. The Hall–Kier alpha value is -1.98. The number of hydrogen-bond donors (Lipinski definition) is 2. The van der Waals surface area contributed by atoms with E-state index in [4.69, 9.17) is 4.74 Å². The molecule has 2 aromatic rings. The van der Waals surface area contributed by atoms with Gasteiger partial charge in [0.05, 0.1) is 12.2 Å². The zero-order valence-electron chi connectivity index (χ0n) is 13.2. The van der Waals surface area contributed by atoms with E-state index in [1.807, 2.05) is 38.1 Å². The number of aliphatic hydroxyl groups is 1. The first-order valence-electron chi connectivity index (χ1n) is 7.55. The SMILES string of the molecule is CC(C)Oc1ccc(CNCC(O)c2ccc(F)cc2F)cc1. The van der Waals surface area contributed by atoms with Crippen LogP contribution in [0.1, 0.15) is 31.1 Å². The minimum atomic E-state index is -1.03. The summed E-state index contributed by atoms with van der Waals surface area (Å²) in [5.41, 5.74) is 1.10. The van der Waals surface area contributed by atoms with Crippen molar-refractivity contribution in [2.45, 2.75) is 32.6 Å². The molecule has 0 spiro atoms. The normalized spacial score (nSPS) is 12.4. The van der Waals surface area contributed by atoms with Crippen molar-refractivity contribution in [3.05, 3.63) is 65.2 Å². The molecule has 124 valence electrons. The highest BCUT2D eigenvalue weighted by molar-refractivity contribution is 5.27. The fraction of sp³-hybridized carbons (Fsp3) is 0.333. The lowest BCUT2D eigenvalue weighted by atomic mass is 10.1. The molecule has 0 aliphatic carbocycles. The van der Waals surface area contributed by atoms with E-state index in [9.17, 15) is 13.9 Å². The molecule has 0 amide bonds. The van der Waals surface area contributed by atoms with Crippen LogP contribution in [0.4, 0.5) is 8.78 Å². The predicted octanol–water partition coefficient (Wildman–Crippen LogP) is 3.58. The van der Waals surface area contributed by atoms with E-state index in [0.717, 1.165) is 23.4 Å². The van der Waals surface area contributed by atoms with E-state index in [1.165, 1.54) is 6.07 Å². The molecule has 2 rings (SSSR count). The summed E-state index contributed by atoms with van der Waals surface area (Å²) in [7, 11) is 0. The standard InChI is InChI=1S/C18H21F2NO2/c1-12(2)23-15-6-3-13(4-7-15)10-21-11-18(22)16-8-5-14(19)9-17(16)20/h3-9,12,18,21-22H,10-11H2,1-2H3. The summed E-state index contributed by atoms with van der Waals surface area (Å²) in [6.07, 6.45) is -0.904. The first-order valence-corrected chi connectivity index (χ1v) is 7.55. The van der Waals surface area contributed by atoms with Crippen LogP contribution in [-0.4, -0.2) is 17.8 Å². The van der Waals surface area contributed by atoms with E-state index < -0.39 is 17.7 Å². The van der Waals surface area contributed by atoms with E-state index in [2.05, 4.69) is 5.32 Å². The van der Waals surface area contributed by atoms with Crippen molar-refractivity contribution in [3.63, 3.8) is 0 Å². The van der Waals surface area contributed by atoms with Gasteiger partial charge in [0, 0.05) is 24.7 Å². The Kier molecular flexibility index (Phi) is 6.07. The fourth-order valence-corrected chi connectivity index (χ4v) is 2.19. The van der Waals surface area contributed by atoms with Crippen molar-refractivity contribution >= 4 is 0 Å². The van der Waals surface area contributed by atoms with Gasteiger partial charge < -0.3 is 15.2 Å². The smallest absolute Gasteiger partial charge is 0.131 e. The van der Waals surface area contributed by atoms with Crippen molar-refractivity contribution in [2.24, 2.45) is 0 Å². The van der Waals surface area contributed by atoms with Gasteiger partial charge in [0.2, 0.25) is 0 Å². The average molecular weight is 321 g/mol. The Labute approximate surface area is 134 Å². The Morgan fingerprint density at radius 2 is 1.78 bits per heavy atom. The largest absolute Gasteiger partial charge is 0.491 e. The summed E-state index contributed by atoms with van der Waals surface area (Å²) in [6, 6.07) is 10.8. The van der Waals surface area contributed by atoms with Crippen LogP contribution in [0.15, 0.2) is 42.5 Å². The molecule has 5 heteroatoms. The number of ether oxygens (including phenoxy) is 1. The summed E-state index contributed by atoms with van der Waals surface area (Å²) < 4.78 is 32.0. The third-order valence-corrected chi connectivity index (χ3v) is 3.28. The number of hydrogen-bond acceptors (Lipinski definition) is 3. The van der Waals surface area contributed by atoms with Crippen LogP contribution in [0, 0.1) is 11.6 Å². The van der Waals surface area contributed by atoms with E-state index >= 15 is 0 Å². The molecule has 0 heterocycles. The number of halogens is 2. The van der Waals surface area contributed by atoms with Gasteiger partial charge in [-0.3, -0.25) is 0 Å². The molecule has 0 radical (unpaired) electrons. The quantitative estimate of drug-likeness (QED) is 0.819. The van der Waals surface area contributed by atoms with E-state index in [1.54, 1.807) is 0 Å². The molecule has 1 unspecified atom stereocenters. The molecule has 0 bridgehead atoms. The molecule has 2 aromatic carbocycles. The van der Waals surface area contributed by atoms with Crippen molar-refractivity contribution in [1.82, 2.24) is 5.32 Å². The lowest BCUT2D eigenvalue weighted by molar-refractivity contribution is 0.169. The first-order chi connectivity index (χ1) is 11.0. The lowest BCUT2D eigenvalue weighted by Crippen LogP contribution is -2.21. The Bertz CT molecular complexity index is 629. The zero-order valence-corrected chi connectivity index (χ0v) is 13.2. The van der Waals surface area contributed by atoms with Crippen LogP contribution >= 0.6 is 0 Å². The molecule has 0 aliphatic rings. The van der Waals surface area contributed by atoms with Crippen LogP contribution in [0.5, 0.6) is 5.75 Å². The van der Waals surface area contributed by atoms with Gasteiger partial charge >= 0.3 is 0 Å². The van der Waals surface area contributed by atoms with Crippen LogP contribution in [0.2, 0.25) is 0 Å². The second-order valence-electron chi connectivity index (χ2n) is 5.62. The van der Waals surface area contributed by atoms with E-state index in [-0.39, 0.29) is 18.2 Å². The van der Waals surface area contributed by atoms with Crippen LogP contribution in [0.3, 0.4) is 0 Å². The van der Waals surface area contributed by atoms with Crippen molar-refractivity contribution in [2.75, 3.05) is 6.54 Å². The van der Waals surface area contributed by atoms with Gasteiger partial charge in [-0.05, 0) is 37.6 Å². The van der Waals surface area contributed by atoms with Gasteiger partial charge in [-0.15, -0.1) is 0 Å². The first kappa shape index (κ1) is 17.4. The third kappa shape index (κ3) is 5.30. The molecular formula is C18H21F2NO2. The predicted molar refractivity (Wildman–Crippen MR) is 85.2 cm³/mol. The maximum absolute atomic E-state index is 13.6. The average Bonchev–Trinajstić information content (AvgIpc) is 2.48. The highest BCUT2D eigenvalue weighted by atomic mass is 19.1. The summed E-state index contributed by atoms with van der Waals surface area (Å²) in [5.74, 6) is -0.596. The lowest BCUT2D eigenvalue weighted by Gasteiger charge is -2.14. The molecule has 3 nitrogen and oxygen atoms in total. The van der Waals surface area contributed by atoms with Crippen LogP contribution in [0.25, 0.3) is 0 Å². The molecule has 0 saturated carbocycles. The molecule has 0 fully saturated rings. The molecule has 0 saturated heterocycles. The second-order valence-corrected chi connectivity index (χ2v) is 5.62. The topological polar surface area (TPSA) is 41.5 Å². The van der Waals surface area contributed by atoms with Crippen molar-refractivity contribution in [1.29, 1.82) is 0 Å². The fourth-order valence-electron chi connectivity index (χ4n) is 2.19. The molecule has 1 atom stereocenters. The highest BCUT2D eigenvalue weighted by Crippen LogP contribution is 2.18. The van der Waals surface area contributed by atoms with Gasteiger partial charge in [-0.1, -0.05) is 18.2 Å². The molecule has 23 heavy (non-hydrogen) atoms. The minimum Gasteiger partial charge on any atom is -0.491 e. The third-order valence-electron chi connectivity index (χ3n) is 3.28. The maximum atomic E-state index is 13.6. The highest BCUT2D eigenvalue weighted by Gasteiger charge is 2.13. The molecule has 0 aromatic heterocycles. The van der Waals surface area contributed by atoms with Gasteiger partial charge in [-0.25, -0.2) is 8.78 Å². The van der Waals surface area contributed by atoms with Crippen molar-refractivity contribution < 1.29 is 18.6 Å². The second kappa shape index (κ2) is 8.04. The molecule has 0 aliphatic heterocycles. The number of benzene rings is 2. The van der Waals surface area contributed by atoms with Gasteiger partial charge in [0.25, 0.3) is 0 Å². The van der Waals surface area contributed by atoms with Crippen LogP contribution < -0.4 is 10.1 Å². The van der Waals surface area contributed by atoms with Crippen LogP contribution in [-0.2, 0) is 6.54 Å². The number of rotatable bonds is 7. The summed E-state index contributed by atoms with van der Waals surface area (Å²) in [5, 5.41) is 13.0. The van der Waals surface area contributed by atoms with Gasteiger partial charge in [0.1, 0.15) is 17.4 Å². The number of nitrogens with one attached hydrogen (secondary N) is 1. The molecule has 2 N–H and O–H groups in total. The number of aliphatic hydroxyl groups excluding tert-OH is 1. The summed E-state index contributed by atoms with van der Waals surface area (Å²) in [6.45, 7) is 4.63. The zero-order chi connectivity index (χ0) is 16.8. The summed E-state index contributed by atoms with van der Waals surface area (Å²) >= 11 is 0. The van der Waals surface area contributed by atoms with Crippen molar-refractivity contribution in [3.8, 4) is 5.75 Å². The minimum absolute atomic E-state index is 0.0829. The Balaban J connectivity index is 1.84. The van der Waals surface area contributed by atoms with Gasteiger partial charge in [0.15, 0.2) is 0 Å². The summed E-state index contributed by atoms with van der Waals surface area (Å²) in [4.78, 5) is 0. The van der Waals surface area contributed by atoms with E-state index in [0.29, 0.717) is 6.54 Å².